The molecule has 0 aliphatic carbocycles. The molecular formula is C19H22N6O. The summed E-state index contributed by atoms with van der Waals surface area (Å²) < 4.78 is 1.85. The molecule has 7 nitrogen and oxygen atoms in total. The van der Waals surface area contributed by atoms with E-state index in [9.17, 15) is 4.79 Å². The van der Waals surface area contributed by atoms with E-state index >= 15 is 0 Å². The van der Waals surface area contributed by atoms with Gasteiger partial charge < -0.3 is 15.1 Å². The van der Waals surface area contributed by atoms with Gasteiger partial charge in [-0.2, -0.15) is 0 Å². The smallest absolute Gasteiger partial charge is 0.255 e. The first-order valence-electron chi connectivity index (χ1n) is 8.76. The minimum absolute atomic E-state index is 0.152. The van der Waals surface area contributed by atoms with E-state index in [1.807, 2.05) is 29.7 Å². The number of aryl methyl sites for hydroxylation is 1. The molecule has 3 heterocycles. The minimum Gasteiger partial charge on any atom is -0.369 e. The summed E-state index contributed by atoms with van der Waals surface area (Å²) in [5, 5.41) is 11.0. The van der Waals surface area contributed by atoms with E-state index in [1.165, 1.54) is 5.69 Å². The zero-order valence-corrected chi connectivity index (χ0v) is 15.0. The van der Waals surface area contributed by atoms with Crippen molar-refractivity contribution in [3.05, 3.63) is 54.0 Å². The molecule has 3 aromatic rings. The Kier molecular flexibility index (Phi) is 4.30. The van der Waals surface area contributed by atoms with Crippen molar-refractivity contribution >= 4 is 22.9 Å². The number of hydrogen-bond acceptors (Lipinski definition) is 5. The largest absolute Gasteiger partial charge is 0.369 e. The molecule has 26 heavy (non-hydrogen) atoms. The zero-order valence-electron chi connectivity index (χ0n) is 15.0. The van der Waals surface area contributed by atoms with E-state index in [2.05, 4.69) is 44.5 Å². The highest BCUT2D eigenvalue weighted by molar-refractivity contribution is 6.04. The molecule has 1 saturated heterocycles. The summed E-state index contributed by atoms with van der Waals surface area (Å²) in [4.78, 5) is 17.2. The Morgan fingerprint density at radius 2 is 1.77 bits per heavy atom. The molecule has 0 spiro atoms. The quantitative estimate of drug-likeness (QED) is 0.783. The number of benzene rings is 1. The number of anilines is 2. The van der Waals surface area contributed by atoms with Crippen LogP contribution >= 0.6 is 0 Å². The summed E-state index contributed by atoms with van der Waals surface area (Å²) >= 11 is 0. The first-order chi connectivity index (χ1) is 12.6. The molecule has 0 saturated carbocycles. The molecule has 1 aliphatic heterocycles. The summed E-state index contributed by atoms with van der Waals surface area (Å²) in [5.74, 6) is 0.645. The van der Waals surface area contributed by atoms with Crippen LogP contribution in [0.2, 0.25) is 0 Å². The molecule has 1 aromatic carbocycles. The van der Waals surface area contributed by atoms with Crippen molar-refractivity contribution in [2.45, 2.75) is 6.92 Å². The SMILES string of the molecule is Cc1nnc2cc(C(=O)Nc3ccc(N4CCN(C)CC4)cc3)ccn12. The van der Waals surface area contributed by atoms with E-state index in [-0.39, 0.29) is 5.91 Å². The molecule has 1 N–H and O–H groups in total. The number of fused-ring (bicyclic) bond motifs is 1. The van der Waals surface area contributed by atoms with Crippen molar-refractivity contribution in [2.24, 2.45) is 0 Å². The van der Waals surface area contributed by atoms with Gasteiger partial charge in [0.05, 0.1) is 0 Å². The maximum atomic E-state index is 12.5. The van der Waals surface area contributed by atoms with Crippen LogP contribution in [0.4, 0.5) is 11.4 Å². The van der Waals surface area contributed by atoms with Crippen LogP contribution in [0.25, 0.3) is 5.65 Å². The average Bonchev–Trinajstić information content (AvgIpc) is 3.03. The van der Waals surface area contributed by atoms with E-state index in [0.717, 1.165) is 37.7 Å². The lowest BCUT2D eigenvalue weighted by Crippen LogP contribution is -2.44. The highest BCUT2D eigenvalue weighted by Gasteiger charge is 2.14. The van der Waals surface area contributed by atoms with Gasteiger partial charge in [-0.25, -0.2) is 0 Å². The summed E-state index contributed by atoms with van der Waals surface area (Å²) in [6.07, 6.45) is 1.82. The number of hydrogen-bond donors (Lipinski definition) is 1. The number of nitrogens with one attached hydrogen (secondary N) is 1. The van der Waals surface area contributed by atoms with E-state index in [4.69, 9.17) is 0 Å². The molecule has 1 fully saturated rings. The third-order valence-electron chi connectivity index (χ3n) is 4.84. The molecular weight excluding hydrogens is 328 g/mol. The molecule has 1 aliphatic rings. The lowest BCUT2D eigenvalue weighted by Gasteiger charge is -2.34. The van der Waals surface area contributed by atoms with Crippen LogP contribution in [0, 0.1) is 6.92 Å². The summed E-state index contributed by atoms with van der Waals surface area (Å²) in [6, 6.07) is 11.5. The van der Waals surface area contributed by atoms with Gasteiger partial charge in [0, 0.05) is 49.3 Å². The maximum Gasteiger partial charge on any atom is 0.255 e. The van der Waals surface area contributed by atoms with Crippen molar-refractivity contribution in [1.29, 1.82) is 0 Å². The van der Waals surface area contributed by atoms with E-state index < -0.39 is 0 Å². The van der Waals surface area contributed by atoms with Crippen LogP contribution in [-0.2, 0) is 0 Å². The van der Waals surface area contributed by atoms with Gasteiger partial charge in [0.1, 0.15) is 5.82 Å². The number of amides is 1. The second-order valence-corrected chi connectivity index (χ2v) is 6.68. The lowest BCUT2D eigenvalue weighted by molar-refractivity contribution is 0.102. The zero-order chi connectivity index (χ0) is 18.1. The van der Waals surface area contributed by atoms with Gasteiger partial charge in [0.15, 0.2) is 5.65 Å². The van der Waals surface area contributed by atoms with Gasteiger partial charge in [-0.05, 0) is 50.4 Å². The molecule has 0 bridgehead atoms. The van der Waals surface area contributed by atoms with Gasteiger partial charge in [-0.15, -0.1) is 10.2 Å². The number of carbonyl (C=O) groups excluding carboxylic acids is 1. The van der Waals surface area contributed by atoms with Crippen molar-refractivity contribution in [3.63, 3.8) is 0 Å². The van der Waals surface area contributed by atoms with Crippen LogP contribution < -0.4 is 10.2 Å². The molecule has 1 amide bonds. The van der Waals surface area contributed by atoms with Crippen molar-refractivity contribution in [3.8, 4) is 0 Å². The number of likely N-dealkylation sites (N-methyl/N-ethyl adjacent to an activating group) is 1. The Balaban J connectivity index is 1.45. The monoisotopic (exact) mass is 350 g/mol. The van der Waals surface area contributed by atoms with Crippen molar-refractivity contribution < 1.29 is 4.79 Å². The molecule has 7 heteroatoms. The fraction of sp³-hybridized carbons (Fsp3) is 0.316. The van der Waals surface area contributed by atoms with Gasteiger partial charge in [-0.1, -0.05) is 0 Å². The summed E-state index contributed by atoms with van der Waals surface area (Å²) in [6.45, 7) is 6.08. The Morgan fingerprint density at radius 1 is 1.04 bits per heavy atom. The van der Waals surface area contributed by atoms with Gasteiger partial charge in [0.2, 0.25) is 0 Å². The third-order valence-corrected chi connectivity index (χ3v) is 4.84. The summed E-state index contributed by atoms with van der Waals surface area (Å²) in [7, 11) is 2.15. The standard InChI is InChI=1S/C19H22N6O/c1-14-21-22-18-13-15(7-8-25(14)18)19(26)20-16-3-5-17(6-4-16)24-11-9-23(2)10-12-24/h3-8,13H,9-12H2,1-2H3,(H,20,26). The fourth-order valence-corrected chi connectivity index (χ4v) is 3.18. The molecule has 0 unspecified atom stereocenters. The van der Waals surface area contributed by atoms with Crippen LogP contribution in [0.15, 0.2) is 42.6 Å². The minimum atomic E-state index is -0.152. The number of pyridine rings is 1. The predicted molar refractivity (Wildman–Crippen MR) is 102 cm³/mol. The Hall–Kier alpha value is -2.93. The highest BCUT2D eigenvalue weighted by Crippen LogP contribution is 2.20. The second-order valence-electron chi connectivity index (χ2n) is 6.68. The first-order valence-corrected chi connectivity index (χ1v) is 8.76. The van der Waals surface area contributed by atoms with E-state index in [0.29, 0.717) is 11.2 Å². The molecule has 0 radical (unpaired) electrons. The van der Waals surface area contributed by atoms with Crippen LogP contribution in [-0.4, -0.2) is 58.6 Å². The Morgan fingerprint density at radius 3 is 2.50 bits per heavy atom. The molecule has 4 rings (SSSR count). The number of aromatic nitrogens is 3. The van der Waals surface area contributed by atoms with Crippen LogP contribution in [0.1, 0.15) is 16.2 Å². The lowest BCUT2D eigenvalue weighted by atomic mass is 10.2. The molecule has 134 valence electrons. The summed E-state index contributed by atoms with van der Waals surface area (Å²) in [5.41, 5.74) is 3.20. The predicted octanol–water partition coefficient (Wildman–Crippen LogP) is 2.04. The molecule has 0 atom stereocenters. The Labute approximate surface area is 152 Å². The van der Waals surface area contributed by atoms with Crippen molar-refractivity contribution in [2.75, 3.05) is 43.4 Å². The average molecular weight is 350 g/mol. The number of piperazine rings is 1. The fourth-order valence-electron chi connectivity index (χ4n) is 3.18. The topological polar surface area (TPSA) is 65.8 Å². The number of carbonyl (C=O) groups is 1. The Bertz CT molecular complexity index is 925. The number of rotatable bonds is 3. The van der Waals surface area contributed by atoms with Crippen molar-refractivity contribution in [1.82, 2.24) is 19.5 Å². The third kappa shape index (κ3) is 3.25. The van der Waals surface area contributed by atoms with Gasteiger partial charge >= 0.3 is 0 Å². The molecule has 2 aromatic heterocycles. The van der Waals surface area contributed by atoms with Crippen LogP contribution in [0.5, 0.6) is 0 Å². The van der Waals surface area contributed by atoms with E-state index in [1.54, 1.807) is 12.1 Å². The van der Waals surface area contributed by atoms with Crippen LogP contribution in [0.3, 0.4) is 0 Å². The van der Waals surface area contributed by atoms with Gasteiger partial charge in [-0.3, -0.25) is 9.20 Å². The normalized spacial score (nSPS) is 15.4. The first kappa shape index (κ1) is 16.5. The number of nitrogens with zero attached hydrogens (tertiary/aromatic N) is 5. The highest BCUT2D eigenvalue weighted by atomic mass is 16.1. The van der Waals surface area contributed by atoms with Gasteiger partial charge in [0.25, 0.3) is 5.91 Å². The second kappa shape index (κ2) is 6.76. The maximum absolute atomic E-state index is 12.5.